The number of nitrogens with one attached hydrogen (secondary N) is 1. The summed E-state index contributed by atoms with van der Waals surface area (Å²) in [6, 6.07) is 0. The second-order valence-electron chi connectivity index (χ2n) is 1.51. The zero-order chi connectivity index (χ0) is 9.07. The van der Waals surface area contributed by atoms with Crippen molar-refractivity contribution in [2.24, 2.45) is 0 Å². The van der Waals surface area contributed by atoms with E-state index in [0.29, 0.717) is 0 Å². The van der Waals surface area contributed by atoms with Crippen LogP contribution in [0.25, 0.3) is 0 Å². The molecule has 1 atom stereocenters. The van der Waals surface area contributed by atoms with Gasteiger partial charge in [0.1, 0.15) is 0 Å². The van der Waals surface area contributed by atoms with E-state index in [1.54, 1.807) is 0 Å². The maximum Gasteiger partial charge on any atom is 0.408 e. The lowest BCUT2D eigenvalue weighted by molar-refractivity contribution is 0.136. The summed E-state index contributed by atoms with van der Waals surface area (Å²) in [6.07, 6.45) is -0.753. The van der Waals surface area contributed by atoms with E-state index >= 15 is 0 Å². The van der Waals surface area contributed by atoms with Crippen LogP contribution < -0.4 is 5.32 Å². The van der Waals surface area contributed by atoms with Gasteiger partial charge in [-0.1, -0.05) is 46.4 Å². The van der Waals surface area contributed by atoms with E-state index in [2.05, 4.69) is 10.1 Å². The Morgan fingerprint density at radius 3 is 2.27 bits per heavy atom. The number of carbonyl (C=O) groups is 1. The van der Waals surface area contributed by atoms with E-state index < -0.39 is 15.4 Å². The molecule has 1 N–H and O–H groups in total. The molecule has 11 heavy (non-hydrogen) atoms. The highest BCUT2D eigenvalue weighted by Crippen LogP contribution is 2.34. The molecular weight excluding hydrogens is 236 g/mol. The first-order valence-electron chi connectivity index (χ1n) is 2.47. The Morgan fingerprint density at radius 1 is 1.55 bits per heavy atom. The van der Waals surface area contributed by atoms with Crippen molar-refractivity contribution in [1.29, 1.82) is 0 Å². The van der Waals surface area contributed by atoms with Gasteiger partial charge in [0.15, 0.2) is 0 Å². The molecule has 0 heterocycles. The highest BCUT2D eigenvalue weighted by molar-refractivity contribution is 6.70. The first-order valence-corrected chi connectivity index (χ1v) is 4.04. The van der Waals surface area contributed by atoms with Gasteiger partial charge in [-0.15, -0.1) is 0 Å². The summed E-state index contributed by atoms with van der Waals surface area (Å²) in [5.74, 6) is 0. The van der Waals surface area contributed by atoms with Gasteiger partial charge in [-0.2, -0.15) is 0 Å². The van der Waals surface area contributed by atoms with Crippen LogP contribution in [0.4, 0.5) is 4.79 Å². The second kappa shape index (κ2) is 4.45. The summed E-state index contributed by atoms with van der Waals surface area (Å²) in [5.41, 5.74) is -1.30. The van der Waals surface area contributed by atoms with Gasteiger partial charge in [0.2, 0.25) is 9.36 Å². The Labute approximate surface area is 83.9 Å². The first kappa shape index (κ1) is 11.4. The number of alkyl halides is 4. The van der Waals surface area contributed by atoms with Crippen molar-refractivity contribution in [3.63, 3.8) is 0 Å². The molecule has 0 aliphatic carbocycles. The number of hydrogen-bond donors (Lipinski definition) is 1. The van der Waals surface area contributed by atoms with Crippen LogP contribution in [0.15, 0.2) is 0 Å². The van der Waals surface area contributed by atoms with Crippen molar-refractivity contribution < 1.29 is 9.53 Å². The van der Waals surface area contributed by atoms with E-state index in [-0.39, 0.29) is 0 Å². The van der Waals surface area contributed by atoms with E-state index in [9.17, 15) is 4.79 Å². The standard InChI is InChI=1S/C4H5Cl4NO2/c1-9-3(10)11-2(5)4(6,7)8/h2H,1H3,(H,9,10). The third-order valence-corrected chi connectivity index (χ3v) is 2.02. The SMILES string of the molecule is CNC(=O)OC(Cl)C(Cl)(Cl)Cl. The molecule has 0 aromatic rings. The molecule has 0 rings (SSSR count). The Kier molecular flexibility index (Phi) is 4.63. The lowest BCUT2D eigenvalue weighted by Crippen LogP contribution is -2.30. The summed E-state index contributed by atoms with van der Waals surface area (Å²) < 4.78 is 2.57. The van der Waals surface area contributed by atoms with Crippen LogP contribution in [-0.2, 0) is 4.74 Å². The summed E-state index contributed by atoms with van der Waals surface area (Å²) in [6.45, 7) is 0. The van der Waals surface area contributed by atoms with E-state index in [1.165, 1.54) is 7.05 Å². The predicted octanol–water partition coefficient (Wildman–Crippen LogP) is 2.28. The van der Waals surface area contributed by atoms with E-state index in [0.717, 1.165) is 0 Å². The summed E-state index contributed by atoms with van der Waals surface area (Å²) in [4.78, 5) is 10.5. The van der Waals surface area contributed by atoms with Crippen LogP contribution in [0.5, 0.6) is 0 Å². The van der Waals surface area contributed by atoms with Crippen LogP contribution >= 0.6 is 46.4 Å². The van der Waals surface area contributed by atoms with Crippen molar-refractivity contribution in [3.8, 4) is 0 Å². The van der Waals surface area contributed by atoms with Gasteiger partial charge in [-0.05, 0) is 0 Å². The molecule has 66 valence electrons. The zero-order valence-electron chi connectivity index (χ0n) is 5.41. The largest absolute Gasteiger partial charge is 0.425 e. The molecule has 3 nitrogen and oxygen atoms in total. The molecule has 0 saturated carbocycles. The van der Waals surface area contributed by atoms with Crippen molar-refractivity contribution in [2.45, 2.75) is 9.36 Å². The normalized spacial score (nSPS) is 13.9. The molecule has 0 aliphatic heterocycles. The predicted molar refractivity (Wildman–Crippen MR) is 45.5 cm³/mol. The van der Waals surface area contributed by atoms with Crippen LogP contribution in [0.1, 0.15) is 0 Å². The topological polar surface area (TPSA) is 38.3 Å². The molecule has 0 saturated heterocycles. The average molecular weight is 241 g/mol. The third kappa shape index (κ3) is 4.80. The molecule has 0 radical (unpaired) electrons. The first-order chi connectivity index (χ1) is 4.88. The van der Waals surface area contributed by atoms with Crippen LogP contribution in [0.2, 0.25) is 0 Å². The number of ether oxygens (including phenoxy) is 1. The molecule has 0 spiro atoms. The van der Waals surface area contributed by atoms with Gasteiger partial charge in [-0.3, -0.25) is 0 Å². The Balaban J connectivity index is 3.87. The summed E-state index contributed by atoms with van der Waals surface area (Å²) in [5, 5.41) is 2.15. The number of rotatable bonds is 1. The molecule has 1 unspecified atom stereocenters. The quantitative estimate of drug-likeness (QED) is 0.715. The fraction of sp³-hybridized carbons (Fsp3) is 0.750. The Bertz CT molecular complexity index is 146. The maximum absolute atomic E-state index is 10.5. The minimum absolute atomic E-state index is 0.753. The van der Waals surface area contributed by atoms with Gasteiger partial charge in [-0.25, -0.2) is 4.79 Å². The Hall–Kier alpha value is 0.430. The number of hydrogen-bond acceptors (Lipinski definition) is 2. The van der Waals surface area contributed by atoms with E-state index in [4.69, 9.17) is 46.4 Å². The minimum Gasteiger partial charge on any atom is -0.425 e. The molecular formula is C4H5Cl4NO2. The lowest BCUT2D eigenvalue weighted by Gasteiger charge is -2.17. The second-order valence-corrected chi connectivity index (χ2v) is 4.28. The van der Waals surface area contributed by atoms with Crippen molar-refractivity contribution in [3.05, 3.63) is 0 Å². The van der Waals surface area contributed by atoms with E-state index in [1.807, 2.05) is 0 Å². The monoisotopic (exact) mass is 239 g/mol. The number of amides is 1. The van der Waals surface area contributed by atoms with Crippen molar-refractivity contribution in [1.82, 2.24) is 5.32 Å². The summed E-state index contributed by atoms with van der Waals surface area (Å²) >= 11 is 21.2. The number of carbonyl (C=O) groups excluding carboxylic acids is 1. The molecule has 0 bridgehead atoms. The molecule has 0 aromatic carbocycles. The molecule has 0 aliphatic rings. The van der Waals surface area contributed by atoms with Gasteiger partial charge < -0.3 is 10.1 Å². The zero-order valence-corrected chi connectivity index (χ0v) is 8.43. The highest BCUT2D eigenvalue weighted by atomic mass is 35.6. The average Bonchev–Trinajstić information content (AvgIpc) is 1.85. The maximum atomic E-state index is 10.5. The minimum atomic E-state index is -1.81. The molecule has 7 heteroatoms. The number of alkyl carbamates (subject to hydrolysis) is 1. The lowest BCUT2D eigenvalue weighted by atomic mass is 10.8. The van der Waals surface area contributed by atoms with Crippen molar-refractivity contribution >= 4 is 52.5 Å². The van der Waals surface area contributed by atoms with Gasteiger partial charge in [0, 0.05) is 7.05 Å². The molecule has 0 aromatic heterocycles. The Morgan fingerprint density at radius 2 is 2.00 bits per heavy atom. The van der Waals surface area contributed by atoms with Crippen molar-refractivity contribution in [2.75, 3.05) is 7.05 Å². The van der Waals surface area contributed by atoms with Gasteiger partial charge in [0.25, 0.3) is 0 Å². The van der Waals surface area contributed by atoms with Gasteiger partial charge in [0.05, 0.1) is 0 Å². The fourth-order valence-electron chi connectivity index (χ4n) is 0.220. The fourth-order valence-corrected chi connectivity index (χ4v) is 0.434. The third-order valence-electron chi connectivity index (χ3n) is 0.672. The molecule has 0 fully saturated rings. The van der Waals surface area contributed by atoms with Crippen LogP contribution in [0.3, 0.4) is 0 Å². The summed E-state index contributed by atoms with van der Waals surface area (Å²) in [7, 11) is 1.37. The highest BCUT2D eigenvalue weighted by Gasteiger charge is 2.33. The molecule has 1 amide bonds. The van der Waals surface area contributed by atoms with Crippen LogP contribution in [0, 0.1) is 0 Å². The number of halogens is 4. The van der Waals surface area contributed by atoms with Gasteiger partial charge >= 0.3 is 6.09 Å². The smallest absolute Gasteiger partial charge is 0.408 e. The van der Waals surface area contributed by atoms with Crippen LogP contribution in [-0.4, -0.2) is 22.5 Å².